The molecule has 1 saturated heterocycles. The maximum atomic E-state index is 12.8. The van der Waals surface area contributed by atoms with Crippen LogP contribution in [0.25, 0.3) is 12.8 Å². The topological polar surface area (TPSA) is 53.6 Å². The lowest BCUT2D eigenvalue weighted by atomic mass is 9.97. The van der Waals surface area contributed by atoms with E-state index >= 15 is 0 Å². The maximum Gasteiger partial charge on any atom is 0.251 e. The van der Waals surface area contributed by atoms with Gasteiger partial charge in [-0.05, 0) is 81.3 Å². The van der Waals surface area contributed by atoms with Gasteiger partial charge >= 0.3 is 0 Å². The van der Waals surface area contributed by atoms with Crippen LogP contribution in [-0.2, 0) is 4.74 Å². The summed E-state index contributed by atoms with van der Waals surface area (Å²) in [6.45, 7) is 16.8. The zero-order chi connectivity index (χ0) is 22.8. The number of hydrogen-bond acceptors (Lipinski definition) is 4. The third-order valence-corrected chi connectivity index (χ3v) is 6.07. The van der Waals surface area contributed by atoms with Crippen LogP contribution in [0.3, 0.4) is 0 Å². The van der Waals surface area contributed by atoms with Crippen LogP contribution >= 0.6 is 0 Å². The summed E-state index contributed by atoms with van der Waals surface area (Å²) in [6, 6.07) is 3.83. The van der Waals surface area contributed by atoms with Gasteiger partial charge in [-0.25, -0.2) is 0 Å². The number of piperidine rings is 1. The van der Waals surface area contributed by atoms with Crippen molar-refractivity contribution >= 4 is 18.7 Å². The molecule has 5 heteroatoms. The highest BCUT2D eigenvalue weighted by atomic mass is 16.5. The Morgan fingerprint density at radius 2 is 1.94 bits per heavy atom. The molecule has 0 bridgehead atoms. The lowest BCUT2D eigenvalue weighted by molar-refractivity contribution is 0.0555. The largest absolute Gasteiger partial charge is 0.380 e. The molecule has 1 atom stereocenters. The summed E-state index contributed by atoms with van der Waals surface area (Å²) in [4.78, 5) is 15.0. The number of hydrogen-bond donors (Lipinski definition) is 2. The summed E-state index contributed by atoms with van der Waals surface area (Å²) in [7, 11) is 2.12. The van der Waals surface area contributed by atoms with Crippen LogP contribution in [0.15, 0.2) is 12.1 Å². The Balaban J connectivity index is 0.00000166. The maximum absolute atomic E-state index is 12.8. The number of ether oxygens (including phenoxy) is 1. The lowest BCUT2D eigenvalue weighted by Crippen LogP contribution is -2.37. The van der Waals surface area contributed by atoms with E-state index in [2.05, 4.69) is 35.4 Å². The Labute approximate surface area is 188 Å². The first-order valence-electron chi connectivity index (χ1n) is 12.0. The van der Waals surface area contributed by atoms with Crippen LogP contribution in [0.4, 0.5) is 0 Å². The molecule has 5 nitrogen and oxygen atoms in total. The van der Waals surface area contributed by atoms with Crippen molar-refractivity contribution in [2.75, 3.05) is 39.8 Å². The molecule has 1 unspecified atom stereocenters. The average Bonchev–Trinajstić information content (AvgIpc) is 3.60. The number of benzene rings is 1. The third-order valence-electron chi connectivity index (χ3n) is 6.07. The molecule has 1 saturated carbocycles. The fourth-order valence-electron chi connectivity index (χ4n) is 3.93. The highest BCUT2D eigenvalue weighted by Gasteiger charge is 2.22. The highest BCUT2D eigenvalue weighted by molar-refractivity contribution is 5.95. The summed E-state index contributed by atoms with van der Waals surface area (Å²) in [5.74, 6) is 1.41. The standard InChI is InChI=1S/C24H37N3O2.C2H6/c1-17-5-8-22(24(28)26-13-18(2)29-16-21-6-7-21)19(3)23(17)15-27(4)14-20-9-11-25-12-10-20;1-2/h5,8,15,18,20-21,25H,1,6-7,9-14,16H2,2-4H3,(H,26,28);1-2H3/b23-15+;. The molecule has 1 amide bonds. The molecule has 2 fully saturated rings. The molecular weight excluding hydrogens is 386 g/mol. The second kappa shape index (κ2) is 12.9. The summed E-state index contributed by atoms with van der Waals surface area (Å²) >= 11 is 0. The normalized spacial score (nSPS) is 18.2. The second-order valence-corrected chi connectivity index (χ2v) is 8.87. The van der Waals surface area contributed by atoms with Gasteiger partial charge < -0.3 is 20.3 Å². The van der Waals surface area contributed by atoms with Gasteiger partial charge in [-0.3, -0.25) is 4.79 Å². The van der Waals surface area contributed by atoms with E-state index in [0.717, 1.165) is 54.1 Å². The van der Waals surface area contributed by atoms with Gasteiger partial charge in [-0.1, -0.05) is 26.5 Å². The molecule has 2 aliphatic rings. The van der Waals surface area contributed by atoms with Crippen molar-refractivity contribution in [2.24, 2.45) is 11.8 Å². The number of rotatable bonds is 9. The van der Waals surface area contributed by atoms with E-state index in [9.17, 15) is 4.79 Å². The molecule has 1 aromatic carbocycles. The molecule has 0 spiro atoms. The number of amides is 1. The predicted octanol–water partition coefficient (Wildman–Crippen LogP) is 2.65. The summed E-state index contributed by atoms with van der Waals surface area (Å²) in [6.07, 6.45) is 7.18. The first-order valence-corrected chi connectivity index (χ1v) is 12.0. The summed E-state index contributed by atoms with van der Waals surface area (Å²) in [5.41, 5.74) is 1.70. The Bertz CT molecular complexity index is 798. The Kier molecular flexibility index (Phi) is 10.6. The van der Waals surface area contributed by atoms with E-state index < -0.39 is 0 Å². The Hall–Kier alpha value is -1.85. The third kappa shape index (κ3) is 8.30. The first kappa shape index (κ1) is 25.4. The molecule has 1 heterocycles. The van der Waals surface area contributed by atoms with E-state index in [0.29, 0.717) is 12.1 Å². The smallest absolute Gasteiger partial charge is 0.251 e. The minimum Gasteiger partial charge on any atom is -0.380 e. The molecule has 0 radical (unpaired) electrons. The Morgan fingerprint density at radius 1 is 1.26 bits per heavy atom. The fourth-order valence-corrected chi connectivity index (χ4v) is 3.93. The summed E-state index contributed by atoms with van der Waals surface area (Å²) < 4.78 is 5.81. The zero-order valence-electron chi connectivity index (χ0n) is 20.3. The van der Waals surface area contributed by atoms with Crippen LogP contribution in [0.1, 0.15) is 62.4 Å². The molecule has 1 aromatic rings. The van der Waals surface area contributed by atoms with Crippen molar-refractivity contribution in [3.63, 3.8) is 0 Å². The fraction of sp³-hybridized carbons (Fsp3) is 0.654. The number of nitrogens with zero attached hydrogens (tertiary/aromatic N) is 1. The average molecular weight is 430 g/mol. The number of carbonyl (C=O) groups excluding carboxylic acids is 1. The molecule has 31 heavy (non-hydrogen) atoms. The van der Waals surface area contributed by atoms with Crippen LogP contribution in [0.5, 0.6) is 0 Å². The van der Waals surface area contributed by atoms with Crippen LogP contribution in [0, 0.1) is 18.8 Å². The molecule has 0 aromatic heterocycles. The van der Waals surface area contributed by atoms with Gasteiger partial charge in [0.15, 0.2) is 0 Å². The van der Waals surface area contributed by atoms with Gasteiger partial charge in [0.2, 0.25) is 0 Å². The van der Waals surface area contributed by atoms with Crippen LogP contribution in [-0.4, -0.2) is 56.7 Å². The predicted molar refractivity (Wildman–Crippen MR) is 130 cm³/mol. The van der Waals surface area contributed by atoms with Gasteiger partial charge in [0, 0.05) is 43.7 Å². The van der Waals surface area contributed by atoms with E-state index in [-0.39, 0.29) is 12.0 Å². The SMILES string of the molecule is C=c1ccc(C(=O)NCC(C)OCC2CC2)c(C)/c1=C/N(C)CC1CCNCC1.CC. The van der Waals surface area contributed by atoms with Crippen molar-refractivity contribution < 1.29 is 9.53 Å². The quantitative estimate of drug-likeness (QED) is 0.634. The Morgan fingerprint density at radius 3 is 2.58 bits per heavy atom. The van der Waals surface area contributed by atoms with E-state index in [1.54, 1.807) is 0 Å². The van der Waals surface area contributed by atoms with E-state index in [1.807, 2.05) is 39.8 Å². The molecule has 3 rings (SSSR count). The van der Waals surface area contributed by atoms with Gasteiger partial charge in [-0.2, -0.15) is 0 Å². The molecule has 1 aliphatic carbocycles. The van der Waals surface area contributed by atoms with E-state index in [1.165, 1.54) is 25.7 Å². The summed E-state index contributed by atoms with van der Waals surface area (Å²) in [5, 5.41) is 8.45. The molecule has 1 aliphatic heterocycles. The number of nitrogens with one attached hydrogen (secondary N) is 2. The van der Waals surface area contributed by atoms with Gasteiger partial charge in [0.05, 0.1) is 6.10 Å². The molecule has 2 N–H and O–H groups in total. The first-order chi connectivity index (χ1) is 14.9. The minimum atomic E-state index is -0.0416. The zero-order valence-corrected chi connectivity index (χ0v) is 20.3. The lowest BCUT2D eigenvalue weighted by Gasteiger charge is -2.27. The highest BCUT2D eigenvalue weighted by Crippen LogP contribution is 2.29. The van der Waals surface area contributed by atoms with Crippen molar-refractivity contribution in [2.45, 2.75) is 59.5 Å². The van der Waals surface area contributed by atoms with Crippen LogP contribution in [0.2, 0.25) is 0 Å². The van der Waals surface area contributed by atoms with Crippen molar-refractivity contribution in [3.05, 3.63) is 33.7 Å². The van der Waals surface area contributed by atoms with Gasteiger partial charge in [0.1, 0.15) is 0 Å². The van der Waals surface area contributed by atoms with Crippen molar-refractivity contribution in [1.29, 1.82) is 0 Å². The van der Waals surface area contributed by atoms with Crippen molar-refractivity contribution in [1.82, 2.24) is 15.5 Å². The molecular formula is C26H43N3O2. The minimum absolute atomic E-state index is 0.0362. The van der Waals surface area contributed by atoms with Crippen LogP contribution < -0.4 is 21.1 Å². The second-order valence-electron chi connectivity index (χ2n) is 8.87. The van der Waals surface area contributed by atoms with Gasteiger partial charge in [0.25, 0.3) is 5.91 Å². The monoisotopic (exact) mass is 429 g/mol. The van der Waals surface area contributed by atoms with Crippen molar-refractivity contribution in [3.8, 4) is 0 Å². The van der Waals surface area contributed by atoms with Gasteiger partial charge in [-0.15, -0.1) is 0 Å². The number of carbonyl (C=O) groups is 1. The van der Waals surface area contributed by atoms with E-state index in [4.69, 9.17) is 4.74 Å². The molecule has 174 valence electrons.